The van der Waals surface area contributed by atoms with Crippen molar-refractivity contribution in [2.75, 3.05) is 12.8 Å². The Bertz CT molecular complexity index is 780. The van der Waals surface area contributed by atoms with Crippen LogP contribution in [0.5, 0.6) is 0 Å². The molecule has 0 aliphatic carbocycles. The molecular weight excluding hydrogens is 286 g/mol. The van der Waals surface area contributed by atoms with E-state index in [0.717, 1.165) is 5.56 Å². The zero-order valence-electron chi connectivity index (χ0n) is 11.5. The lowest BCUT2D eigenvalue weighted by molar-refractivity contribution is 0.467. The third kappa shape index (κ3) is 3.21. The summed E-state index contributed by atoms with van der Waals surface area (Å²) in [7, 11) is -2.19. The van der Waals surface area contributed by atoms with Crippen molar-refractivity contribution >= 4 is 15.7 Å². The average molecular weight is 301 g/mol. The second kappa shape index (κ2) is 5.95. The number of hydrogen-bond donors (Lipinski definition) is 1. The fourth-order valence-corrected chi connectivity index (χ4v) is 3.20. The van der Waals surface area contributed by atoms with E-state index >= 15 is 0 Å². The smallest absolute Gasteiger partial charge is 0.245 e. The van der Waals surface area contributed by atoms with Crippen molar-refractivity contribution in [2.24, 2.45) is 0 Å². The summed E-state index contributed by atoms with van der Waals surface area (Å²) >= 11 is 0. The van der Waals surface area contributed by atoms with Crippen molar-refractivity contribution in [3.05, 3.63) is 59.7 Å². The Balaban J connectivity index is 2.32. The molecule has 108 valence electrons. The number of hydrogen-bond acceptors (Lipinski definition) is 4. The number of nitrogens with two attached hydrogens (primary N) is 1. The second-order valence-corrected chi connectivity index (χ2v) is 6.62. The van der Waals surface area contributed by atoms with E-state index in [2.05, 4.69) is 0 Å². The Kier molecular flexibility index (Phi) is 4.26. The Labute approximate surface area is 124 Å². The van der Waals surface area contributed by atoms with Gasteiger partial charge in [0.2, 0.25) is 10.0 Å². The normalized spacial score (nSPS) is 11.3. The summed E-state index contributed by atoms with van der Waals surface area (Å²) < 4.78 is 26.3. The number of benzene rings is 2. The molecule has 0 amide bonds. The fraction of sp³-hybridized carbons (Fsp3) is 0.133. The van der Waals surface area contributed by atoms with Crippen LogP contribution in [-0.4, -0.2) is 19.8 Å². The first kappa shape index (κ1) is 15.0. The largest absolute Gasteiger partial charge is 0.398 e. The highest BCUT2D eigenvalue weighted by Gasteiger charge is 2.23. The summed E-state index contributed by atoms with van der Waals surface area (Å²) in [5.41, 5.74) is 7.05. The molecule has 0 bridgehead atoms. The average Bonchev–Trinajstić information content (AvgIpc) is 2.47. The van der Waals surface area contributed by atoms with Crippen LogP contribution in [0, 0.1) is 11.3 Å². The van der Waals surface area contributed by atoms with Gasteiger partial charge in [-0.05, 0) is 23.8 Å². The molecule has 0 atom stereocenters. The van der Waals surface area contributed by atoms with Gasteiger partial charge in [-0.15, -0.1) is 0 Å². The quantitative estimate of drug-likeness (QED) is 0.874. The number of nitriles is 1. The SMILES string of the molecule is CN(Cc1ccccc1)S(=O)(=O)c1ccc(C#N)cc1N. The van der Waals surface area contributed by atoms with Gasteiger partial charge in [-0.1, -0.05) is 30.3 Å². The predicted molar refractivity (Wildman–Crippen MR) is 80.7 cm³/mol. The molecule has 0 heterocycles. The van der Waals surface area contributed by atoms with Crippen LogP contribution < -0.4 is 5.73 Å². The Morgan fingerprint density at radius 3 is 2.43 bits per heavy atom. The van der Waals surface area contributed by atoms with Gasteiger partial charge < -0.3 is 5.73 Å². The predicted octanol–water partition coefficient (Wildman–Crippen LogP) is 1.96. The highest BCUT2D eigenvalue weighted by atomic mass is 32.2. The molecule has 0 saturated heterocycles. The van der Waals surface area contributed by atoms with Gasteiger partial charge in [-0.25, -0.2) is 8.42 Å². The van der Waals surface area contributed by atoms with Gasteiger partial charge in [-0.2, -0.15) is 9.57 Å². The van der Waals surface area contributed by atoms with Gasteiger partial charge >= 0.3 is 0 Å². The first-order chi connectivity index (χ1) is 9.95. The van der Waals surface area contributed by atoms with Crippen molar-refractivity contribution in [3.8, 4) is 6.07 Å². The summed E-state index contributed by atoms with van der Waals surface area (Å²) in [6, 6.07) is 15.4. The van der Waals surface area contributed by atoms with Gasteiger partial charge in [0.15, 0.2) is 0 Å². The standard InChI is InChI=1S/C15H15N3O2S/c1-18(11-12-5-3-2-4-6-12)21(19,20)15-8-7-13(10-16)9-14(15)17/h2-9H,11,17H2,1H3. The Morgan fingerprint density at radius 2 is 1.86 bits per heavy atom. The molecule has 0 spiro atoms. The number of sulfonamides is 1. The van der Waals surface area contributed by atoms with E-state index in [0.29, 0.717) is 5.56 Å². The van der Waals surface area contributed by atoms with Gasteiger partial charge in [0.25, 0.3) is 0 Å². The molecule has 0 aromatic heterocycles. The van der Waals surface area contributed by atoms with Crippen molar-refractivity contribution in [3.63, 3.8) is 0 Å². The zero-order valence-corrected chi connectivity index (χ0v) is 12.3. The zero-order chi connectivity index (χ0) is 15.5. The van der Waals surface area contributed by atoms with Gasteiger partial charge in [0, 0.05) is 13.6 Å². The van der Waals surface area contributed by atoms with Crippen molar-refractivity contribution in [1.82, 2.24) is 4.31 Å². The van der Waals surface area contributed by atoms with Crippen molar-refractivity contribution in [2.45, 2.75) is 11.4 Å². The number of rotatable bonds is 4. The Hall–Kier alpha value is -2.36. The maximum absolute atomic E-state index is 12.5. The second-order valence-electron chi connectivity index (χ2n) is 4.61. The summed E-state index contributed by atoms with van der Waals surface area (Å²) in [6.45, 7) is 0.253. The van der Waals surface area contributed by atoms with Crippen LogP contribution >= 0.6 is 0 Å². The lowest BCUT2D eigenvalue weighted by Crippen LogP contribution is -2.27. The van der Waals surface area contributed by atoms with Crippen LogP contribution in [0.25, 0.3) is 0 Å². The molecule has 0 unspecified atom stereocenters. The highest BCUT2D eigenvalue weighted by Crippen LogP contribution is 2.23. The van der Waals surface area contributed by atoms with Crippen molar-refractivity contribution in [1.29, 1.82) is 5.26 Å². The summed E-state index contributed by atoms with van der Waals surface area (Å²) in [4.78, 5) is 0.0138. The van der Waals surface area contributed by atoms with Crippen LogP contribution in [0.2, 0.25) is 0 Å². The molecule has 2 rings (SSSR count). The number of nitrogens with zero attached hydrogens (tertiary/aromatic N) is 2. The minimum absolute atomic E-state index is 0.0138. The topological polar surface area (TPSA) is 87.2 Å². The van der Waals surface area contributed by atoms with Crippen LogP contribution in [0.15, 0.2) is 53.4 Å². The first-order valence-corrected chi connectivity index (χ1v) is 7.69. The highest BCUT2D eigenvalue weighted by molar-refractivity contribution is 7.89. The lowest BCUT2D eigenvalue weighted by atomic mass is 10.2. The molecule has 0 aliphatic heterocycles. The van der Waals surface area contributed by atoms with Gasteiger partial charge in [0.1, 0.15) is 4.90 Å². The molecule has 2 aromatic carbocycles. The molecule has 0 radical (unpaired) electrons. The molecule has 0 saturated carbocycles. The molecule has 2 N–H and O–H groups in total. The van der Waals surface area contributed by atoms with E-state index in [9.17, 15) is 8.42 Å². The van der Waals surface area contributed by atoms with Gasteiger partial charge in [0.05, 0.1) is 17.3 Å². The van der Waals surface area contributed by atoms with E-state index in [1.165, 1.54) is 29.6 Å². The van der Waals surface area contributed by atoms with E-state index < -0.39 is 10.0 Å². The van der Waals surface area contributed by atoms with E-state index in [1.54, 1.807) is 0 Å². The van der Waals surface area contributed by atoms with Gasteiger partial charge in [-0.3, -0.25) is 0 Å². The molecule has 6 heteroatoms. The van der Waals surface area contributed by atoms with Crippen LogP contribution in [0.1, 0.15) is 11.1 Å². The summed E-state index contributed by atoms with van der Waals surface area (Å²) in [6.07, 6.45) is 0. The molecule has 0 aliphatic rings. The van der Waals surface area contributed by atoms with Crippen LogP contribution in [0.4, 0.5) is 5.69 Å². The molecule has 5 nitrogen and oxygen atoms in total. The number of nitrogen functional groups attached to an aromatic ring is 1. The molecule has 2 aromatic rings. The van der Waals surface area contributed by atoms with Crippen molar-refractivity contribution < 1.29 is 8.42 Å². The summed E-state index contributed by atoms with van der Waals surface area (Å²) in [5, 5.41) is 8.79. The monoisotopic (exact) mass is 301 g/mol. The van der Waals surface area contributed by atoms with Crippen LogP contribution in [0.3, 0.4) is 0 Å². The fourth-order valence-electron chi connectivity index (χ4n) is 1.95. The molecule has 0 fully saturated rings. The molecular formula is C15H15N3O2S. The van der Waals surface area contributed by atoms with E-state index in [1.807, 2.05) is 36.4 Å². The Morgan fingerprint density at radius 1 is 1.19 bits per heavy atom. The third-order valence-corrected chi connectivity index (χ3v) is 4.95. The van der Waals surface area contributed by atoms with E-state index in [-0.39, 0.29) is 17.1 Å². The maximum Gasteiger partial charge on any atom is 0.245 e. The van der Waals surface area contributed by atoms with Crippen LogP contribution in [-0.2, 0) is 16.6 Å². The third-order valence-electron chi connectivity index (χ3n) is 3.08. The maximum atomic E-state index is 12.5. The lowest BCUT2D eigenvalue weighted by Gasteiger charge is -2.18. The minimum Gasteiger partial charge on any atom is -0.398 e. The minimum atomic E-state index is -3.69. The molecule has 21 heavy (non-hydrogen) atoms. The number of anilines is 1. The summed E-state index contributed by atoms with van der Waals surface area (Å²) in [5.74, 6) is 0. The van der Waals surface area contributed by atoms with E-state index in [4.69, 9.17) is 11.0 Å². The first-order valence-electron chi connectivity index (χ1n) is 6.25.